The van der Waals surface area contributed by atoms with Gasteiger partial charge in [-0.2, -0.15) is 0 Å². The molecule has 0 bridgehead atoms. The minimum atomic E-state index is -0.483. The molecule has 2 fully saturated rings. The lowest BCUT2D eigenvalue weighted by Gasteiger charge is -2.43. The summed E-state index contributed by atoms with van der Waals surface area (Å²) in [5.74, 6) is 0.926. The molecule has 4 rings (SSSR count). The minimum absolute atomic E-state index is 0.00259. The van der Waals surface area contributed by atoms with Crippen LogP contribution in [0.15, 0.2) is 34.9 Å². The maximum absolute atomic E-state index is 13.5. The van der Waals surface area contributed by atoms with Gasteiger partial charge in [0, 0.05) is 29.2 Å². The summed E-state index contributed by atoms with van der Waals surface area (Å²) < 4.78 is 5.45. The predicted molar refractivity (Wildman–Crippen MR) is 120 cm³/mol. The van der Waals surface area contributed by atoms with Crippen molar-refractivity contribution in [1.29, 1.82) is 0 Å². The molecule has 2 heterocycles. The van der Waals surface area contributed by atoms with Crippen LogP contribution in [0, 0.1) is 11.8 Å². The first kappa shape index (κ1) is 21.9. The largest absolute Gasteiger partial charge is 0.355 e. The van der Waals surface area contributed by atoms with Gasteiger partial charge in [0.25, 0.3) is 5.91 Å². The summed E-state index contributed by atoms with van der Waals surface area (Å²) in [5, 5.41) is 7.89. The van der Waals surface area contributed by atoms with Crippen LogP contribution in [0.5, 0.6) is 0 Å². The van der Waals surface area contributed by atoms with Gasteiger partial charge in [0.05, 0.1) is 0 Å². The van der Waals surface area contributed by atoms with E-state index in [9.17, 15) is 9.59 Å². The molecule has 1 saturated carbocycles. The van der Waals surface area contributed by atoms with Crippen LogP contribution in [0.3, 0.4) is 0 Å². The molecule has 1 saturated heterocycles. The van der Waals surface area contributed by atoms with Gasteiger partial charge in [-0.05, 0) is 55.4 Å². The Balaban J connectivity index is 1.57. The zero-order valence-corrected chi connectivity index (χ0v) is 18.9. The monoisotopic (exact) mass is 443 g/mol. The van der Waals surface area contributed by atoms with Crippen molar-refractivity contribution in [2.45, 2.75) is 64.5 Å². The molecule has 1 aliphatic carbocycles. The Labute approximate surface area is 188 Å². The molecule has 1 aliphatic heterocycles. The fraction of sp³-hybridized carbons (Fsp3) is 0.542. The molecule has 6 nitrogen and oxygen atoms in total. The van der Waals surface area contributed by atoms with E-state index in [1.807, 2.05) is 12.1 Å². The highest BCUT2D eigenvalue weighted by Crippen LogP contribution is 2.30. The zero-order chi connectivity index (χ0) is 22.0. The Bertz CT molecular complexity index is 918. The molecule has 2 aromatic rings. The van der Waals surface area contributed by atoms with Crippen LogP contribution in [-0.4, -0.2) is 40.5 Å². The van der Waals surface area contributed by atoms with Crippen molar-refractivity contribution in [3.05, 3.63) is 41.0 Å². The molecule has 2 amide bonds. The van der Waals surface area contributed by atoms with Gasteiger partial charge in [-0.25, -0.2) is 0 Å². The number of nitrogens with zero attached hydrogens (tertiary/aromatic N) is 2. The molecule has 1 aromatic heterocycles. The molecule has 2 unspecified atom stereocenters. The lowest BCUT2D eigenvalue weighted by Crippen LogP contribution is -2.63. The Morgan fingerprint density at radius 2 is 1.94 bits per heavy atom. The fourth-order valence-corrected chi connectivity index (χ4v) is 4.91. The molecule has 0 radical (unpaired) electrons. The van der Waals surface area contributed by atoms with E-state index >= 15 is 0 Å². The van der Waals surface area contributed by atoms with E-state index in [2.05, 4.69) is 24.3 Å². The first-order chi connectivity index (χ1) is 14.9. The topological polar surface area (TPSA) is 75.4 Å². The van der Waals surface area contributed by atoms with E-state index < -0.39 is 6.04 Å². The fourth-order valence-electron chi connectivity index (χ4n) is 4.79. The molecule has 7 heteroatoms. The number of hydrogen-bond donors (Lipinski definition) is 1. The Morgan fingerprint density at radius 1 is 1.23 bits per heavy atom. The third-order valence-corrected chi connectivity index (χ3v) is 6.68. The minimum Gasteiger partial charge on any atom is -0.355 e. The predicted octanol–water partition coefficient (Wildman–Crippen LogP) is 4.93. The number of hydrogen-bond acceptors (Lipinski definition) is 4. The lowest BCUT2D eigenvalue weighted by atomic mass is 9.82. The van der Waals surface area contributed by atoms with Gasteiger partial charge in [0.15, 0.2) is 11.5 Å². The van der Waals surface area contributed by atoms with Crippen molar-refractivity contribution in [2.24, 2.45) is 11.8 Å². The number of piperazine rings is 1. The van der Waals surface area contributed by atoms with Crippen LogP contribution in [0.4, 0.5) is 0 Å². The average molecular weight is 444 g/mol. The van der Waals surface area contributed by atoms with Gasteiger partial charge in [-0.15, -0.1) is 0 Å². The van der Waals surface area contributed by atoms with Crippen molar-refractivity contribution in [2.75, 3.05) is 6.54 Å². The molecule has 1 aromatic carbocycles. The number of carbonyl (C=O) groups is 2. The molecular formula is C24H30ClN3O3. The summed E-state index contributed by atoms with van der Waals surface area (Å²) in [6.07, 6.45) is 6.46. The molecule has 2 atom stereocenters. The zero-order valence-electron chi connectivity index (χ0n) is 18.1. The van der Waals surface area contributed by atoms with Crippen molar-refractivity contribution in [3.63, 3.8) is 0 Å². The Morgan fingerprint density at radius 3 is 2.61 bits per heavy atom. The van der Waals surface area contributed by atoms with Crippen LogP contribution >= 0.6 is 11.6 Å². The number of amides is 2. The van der Waals surface area contributed by atoms with Gasteiger partial charge in [-0.1, -0.05) is 49.9 Å². The smallest absolute Gasteiger partial charge is 0.276 e. The van der Waals surface area contributed by atoms with Crippen LogP contribution in [-0.2, 0) is 4.79 Å². The Hall–Kier alpha value is -2.34. The summed E-state index contributed by atoms with van der Waals surface area (Å²) in [6.45, 7) is 4.66. The van der Waals surface area contributed by atoms with Crippen molar-refractivity contribution in [1.82, 2.24) is 15.4 Å². The quantitative estimate of drug-likeness (QED) is 0.710. The van der Waals surface area contributed by atoms with E-state index in [0.29, 0.717) is 35.6 Å². The van der Waals surface area contributed by atoms with Gasteiger partial charge >= 0.3 is 0 Å². The molecule has 0 spiro atoms. The normalized spacial score (nSPS) is 22.6. The summed E-state index contributed by atoms with van der Waals surface area (Å²) in [5.41, 5.74) is 1.03. The van der Waals surface area contributed by atoms with E-state index in [1.54, 1.807) is 23.1 Å². The second-order valence-corrected chi connectivity index (χ2v) is 9.64. The average Bonchev–Trinajstić information content (AvgIpc) is 3.25. The van der Waals surface area contributed by atoms with Crippen molar-refractivity contribution >= 4 is 23.4 Å². The van der Waals surface area contributed by atoms with Crippen molar-refractivity contribution < 1.29 is 14.1 Å². The maximum Gasteiger partial charge on any atom is 0.276 e. The van der Waals surface area contributed by atoms with Gasteiger partial charge in [0.1, 0.15) is 6.04 Å². The summed E-state index contributed by atoms with van der Waals surface area (Å²) in [7, 11) is 0. The number of carbonyl (C=O) groups excluding carboxylic acids is 2. The van der Waals surface area contributed by atoms with Crippen LogP contribution in [0.2, 0.25) is 5.02 Å². The van der Waals surface area contributed by atoms with Gasteiger partial charge < -0.3 is 14.7 Å². The molecule has 31 heavy (non-hydrogen) atoms. The number of aromatic nitrogens is 1. The molecule has 1 N–H and O–H groups in total. The lowest BCUT2D eigenvalue weighted by molar-refractivity contribution is -0.131. The second-order valence-electron chi connectivity index (χ2n) is 9.20. The van der Waals surface area contributed by atoms with Gasteiger partial charge in [0.2, 0.25) is 5.91 Å². The third-order valence-electron chi connectivity index (χ3n) is 6.43. The first-order valence-electron chi connectivity index (χ1n) is 11.3. The number of halogens is 1. The first-order valence-corrected chi connectivity index (χ1v) is 11.6. The van der Waals surface area contributed by atoms with Crippen LogP contribution in [0.1, 0.15) is 62.9 Å². The summed E-state index contributed by atoms with van der Waals surface area (Å²) in [4.78, 5) is 28.2. The molecule has 166 valence electrons. The van der Waals surface area contributed by atoms with Crippen molar-refractivity contribution in [3.8, 4) is 11.3 Å². The number of benzene rings is 1. The second kappa shape index (κ2) is 9.43. The summed E-state index contributed by atoms with van der Waals surface area (Å²) >= 11 is 5.96. The number of rotatable bonds is 5. The van der Waals surface area contributed by atoms with E-state index in [1.165, 1.54) is 19.3 Å². The SMILES string of the molecule is CC(C)CC1C(=O)NC(C2CCCCC2)CN1C(=O)c1cc(-c2ccc(Cl)cc2)on1. The Kier molecular flexibility index (Phi) is 6.65. The highest BCUT2D eigenvalue weighted by Gasteiger charge is 2.41. The third kappa shape index (κ3) is 4.95. The van der Waals surface area contributed by atoms with E-state index in [4.69, 9.17) is 16.1 Å². The standard InChI is InChI=1S/C24H30ClN3O3/c1-15(2)12-21-23(29)26-20(16-6-4-3-5-7-16)14-28(21)24(30)19-13-22(31-27-19)17-8-10-18(25)11-9-17/h8-11,13,15-16,20-21H,3-7,12,14H2,1-2H3,(H,26,29). The van der Waals surface area contributed by atoms with E-state index in [0.717, 1.165) is 18.4 Å². The molecular weight excluding hydrogens is 414 g/mol. The highest BCUT2D eigenvalue weighted by atomic mass is 35.5. The molecule has 2 aliphatic rings. The summed E-state index contributed by atoms with van der Waals surface area (Å²) in [6, 6.07) is 8.36. The van der Waals surface area contributed by atoms with Crippen LogP contribution in [0.25, 0.3) is 11.3 Å². The number of nitrogens with one attached hydrogen (secondary N) is 1. The maximum atomic E-state index is 13.5. The van der Waals surface area contributed by atoms with E-state index in [-0.39, 0.29) is 23.6 Å². The van der Waals surface area contributed by atoms with Crippen LogP contribution < -0.4 is 5.32 Å². The van der Waals surface area contributed by atoms with Gasteiger partial charge in [-0.3, -0.25) is 9.59 Å². The highest BCUT2D eigenvalue weighted by molar-refractivity contribution is 6.30.